The summed E-state index contributed by atoms with van der Waals surface area (Å²) in [6.07, 6.45) is 6.10. The number of anilines is 4. The first-order valence-electron chi connectivity index (χ1n) is 15.3. The molecule has 1 fully saturated rings. The number of likely N-dealkylation sites (N-methyl/N-ethyl adjacent to an activating group) is 1. The van der Waals surface area contributed by atoms with Gasteiger partial charge in [-0.05, 0) is 75.5 Å². The van der Waals surface area contributed by atoms with Gasteiger partial charge in [0.05, 0.1) is 19.7 Å². The third-order valence-electron chi connectivity index (χ3n) is 7.94. The Bertz CT molecular complexity index is 1320. The Morgan fingerprint density at radius 2 is 1.84 bits per heavy atom. The summed E-state index contributed by atoms with van der Waals surface area (Å²) in [5.41, 5.74) is 3.06. The molecule has 3 aromatic rings. The Balaban J connectivity index is 1.34. The summed E-state index contributed by atoms with van der Waals surface area (Å²) in [7, 11) is 3.42. The fraction of sp³-hybridized carbons (Fsp3) is 0.485. The van der Waals surface area contributed by atoms with Crippen LogP contribution in [0.4, 0.5) is 23.0 Å². The number of likely N-dealkylation sites (tertiary alicyclic amines) is 1. The van der Waals surface area contributed by atoms with Gasteiger partial charge in [-0.2, -0.15) is 0 Å². The largest absolute Gasteiger partial charge is 0.493 e. The molecule has 43 heavy (non-hydrogen) atoms. The first-order valence-corrected chi connectivity index (χ1v) is 15.3. The Hall–Kier alpha value is -3.89. The zero-order valence-corrected chi connectivity index (χ0v) is 26.2. The number of nitrogens with zero attached hydrogens (tertiary/aromatic N) is 3. The Labute approximate surface area is 256 Å². The molecule has 1 aliphatic heterocycles. The van der Waals surface area contributed by atoms with E-state index in [-0.39, 0.29) is 17.9 Å². The summed E-state index contributed by atoms with van der Waals surface area (Å²) in [4.78, 5) is 24.0. The molecule has 0 bridgehead atoms. The summed E-state index contributed by atoms with van der Waals surface area (Å²) in [6.45, 7) is 9.33. The number of rotatable bonds is 16. The number of benzene rings is 2. The van der Waals surface area contributed by atoms with Gasteiger partial charge in [-0.1, -0.05) is 32.4 Å². The fourth-order valence-electron chi connectivity index (χ4n) is 5.61. The van der Waals surface area contributed by atoms with Gasteiger partial charge in [-0.25, -0.2) is 9.97 Å². The molecular weight excluding hydrogens is 542 g/mol. The zero-order valence-electron chi connectivity index (χ0n) is 26.2. The Kier molecular flexibility index (Phi) is 12.0. The molecular formula is C33H47N7O3. The number of carbonyl (C=O) groups is 1. The fourth-order valence-corrected chi connectivity index (χ4v) is 5.61. The number of methoxy groups -OCH3 is 1. The van der Waals surface area contributed by atoms with Crippen molar-refractivity contribution in [3.63, 3.8) is 0 Å². The first kappa shape index (κ1) is 32.0. The predicted octanol–water partition coefficient (Wildman–Crippen LogP) is 5.48. The normalized spacial score (nSPS) is 16.3. The lowest BCUT2D eigenvalue weighted by Gasteiger charge is -2.22. The second kappa shape index (κ2) is 16.1. The third-order valence-corrected chi connectivity index (χ3v) is 7.94. The maximum Gasteiger partial charge on any atom is 0.237 e. The summed E-state index contributed by atoms with van der Waals surface area (Å²) >= 11 is 0. The van der Waals surface area contributed by atoms with Gasteiger partial charge in [0.1, 0.15) is 24.6 Å². The van der Waals surface area contributed by atoms with Crippen LogP contribution < -0.4 is 30.7 Å². The van der Waals surface area contributed by atoms with Crippen molar-refractivity contribution < 1.29 is 14.3 Å². The number of nitrogens with one attached hydrogen (secondary N) is 4. The average Bonchev–Trinajstić information content (AvgIpc) is 3.40. The Morgan fingerprint density at radius 3 is 2.51 bits per heavy atom. The van der Waals surface area contributed by atoms with Gasteiger partial charge >= 0.3 is 0 Å². The van der Waals surface area contributed by atoms with Gasteiger partial charge in [0.2, 0.25) is 5.91 Å². The lowest BCUT2D eigenvalue weighted by Crippen LogP contribution is -2.47. The highest BCUT2D eigenvalue weighted by Crippen LogP contribution is 2.31. The third kappa shape index (κ3) is 9.30. The molecule has 2 unspecified atom stereocenters. The number of hydrogen-bond donors (Lipinski definition) is 4. The summed E-state index contributed by atoms with van der Waals surface area (Å²) < 4.78 is 11.5. The van der Waals surface area contributed by atoms with Crippen LogP contribution in [0, 0.1) is 5.92 Å². The second-order valence-electron chi connectivity index (χ2n) is 11.2. The van der Waals surface area contributed by atoms with Crippen molar-refractivity contribution in [2.24, 2.45) is 5.92 Å². The minimum Gasteiger partial charge on any atom is -0.493 e. The highest BCUT2D eigenvalue weighted by Gasteiger charge is 2.22. The van der Waals surface area contributed by atoms with Crippen molar-refractivity contribution >= 4 is 28.9 Å². The SMILES string of the molecule is CCCC(C)[C@H](NC)C(=O)NCCOc1cc(Nc2cc(Nc3cccc(CN4CCCC4C)c3)ncn2)ccc1OC. The van der Waals surface area contributed by atoms with Crippen LogP contribution in [-0.4, -0.2) is 66.7 Å². The minimum atomic E-state index is -0.225. The Morgan fingerprint density at radius 1 is 1.07 bits per heavy atom. The van der Waals surface area contributed by atoms with E-state index in [0.717, 1.165) is 37.3 Å². The van der Waals surface area contributed by atoms with E-state index >= 15 is 0 Å². The lowest BCUT2D eigenvalue weighted by atomic mass is 9.96. The number of ether oxygens (including phenoxy) is 2. The van der Waals surface area contributed by atoms with Gasteiger partial charge in [-0.15, -0.1) is 0 Å². The van der Waals surface area contributed by atoms with E-state index in [1.165, 1.54) is 24.7 Å². The van der Waals surface area contributed by atoms with Crippen molar-refractivity contribution in [1.29, 1.82) is 0 Å². The highest BCUT2D eigenvalue weighted by molar-refractivity contribution is 5.82. The number of hydrogen-bond acceptors (Lipinski definition) is 9. The van der Waals surface area contributed by atoms with Gasteiger partial charge in [0.25, 0.3) is 0 Å². The molecule has 3 atom stereocenters. The molecule has 10 nitrogen and oxygen atoms in total. The van der Waals surface area contributed by atoms with E-state index in [0.29, 0.717) is 42.3 Å². The van der Waals surface area contributed by atoms with E-state index in [2.05, 4.69) is 75.1 Å². The van der Waals surface area contributed by atoms with E-state index in [1.54, 1.807) is 7.11 Å². The monoisotopic (exact) mass is 589 g/mol. The van der Waals surface area contributed by atoms with Gasteiger partial charge in [-0.3, -0.25) is 9.69 Å². The molecule has 4 rings (SSSR count). The number of carbonyl (C=O) groups excluding carboxylic acids is 1. The zero-order chi connectivity index (χ0) is 30.6. The van der Waals surface area contributed by atoms with Crippen molar-refractivity contribution in [2.75, 3.05) is 44.5 Å². The van der Waals surface area contributed by atoms with E-state index in [1.807, 2.05) is 37.4 Å². The molecule has 0 spiro atoms. The highest BCUT2D eigenvalue weighted by atomic mass is 16.5. The van der Waals surface area contributed by atoms with Crippen LogP contribution in [-0.2, 0) is 11.3 Å². The molecule has 0 aliphatic carbocycles. The molecule has 1 amide bonds. The maximum absolute atomic E-state index is 12.6. The van der Waals surface area contributed by atoms with E-state index in [9.17, 15) is 4.79 Å². The minimum absolute atomic E-state index is 0.0180. The molecule has 2 heterocycles. The van der Waals surface area contributed by atoms with Crippen LogP contribution in [0.2, 0.25) is 0 Å². The van der Waals surface area contributed by atoms with E-state index < -0.39 is 0 Å². The van der Waals surface area contributed by atoms with Crippen molar-refractivity contribution in [3.8, 4) is 11.5 Å². The topological polar surface area (TPSA) is 113 Å². The number of amides is 1. The average molecular weight is 590 g/mol. The van der Waals surface area contributed by atoms with Crippen molar-refractivity contribution in [1.82, 2.24) is 25.5 Å². The molecule has 1 aromatic heterocycles. The molecule has 232 valence electrons. The van der Waals surface area contributed by atoms with Crippen molar-refractivity contribution in [2.45, 2.75) is 65.1 Å². The smallest absolute Gasteiger partial charge is 0.237 e. The second-order valence-corrected chi connectivity index (χ2v) is 11.2. The molecule has 10 heteroatoms. The quantitative estimate of drug-likeness (QED) is 0.161. The van der Waals surface area contributed by atoms with Crippen LogP contribution >= 0.6 is 0 Å². The molecule has 0 radical (unpaired) electrons. The van der Waals surface area contributed by atoms with Gasteiger partial charge in [0, 0.05) is 36.1 Å². The summed E-state index contributed by atoms with van der Waals surface area (Å²) in [5.74, 6) is 2.75. The molecule has 1 saturated heterocycles. The van der Waals surface area contributed by atoms with Crippen LogP contribution in [0.25, 0.3) is 0 Å². The molecule has 4 N–H and O–H groups in total. The van der Waals surface area contributed by atoms with E-state index in [4.69, 9.17) is 9.47 Å². The summed E-state index contributed by atoms with van der Waals surface area (Å²) in [6, 6.07) is 16.4. The van der Waals surface area contributed by atoms with Crippen molar-refractivity contribution in [3.05, 3.63) is 60.4 Å². The predicted molar refractivity (Wildman–Crippen MR) is 173 cm³/mol. The summed E-state index contributed by atoms with van der Waals surface area (Å²) in [5, 5.41) is 12.8. The standard InChI is InChI=1S/C33H47N7O3/c1-6-9-23(2)32(34-4)33(41)35-15-17-43-29-19-27(13-14-28(29)42-5)39-31-20-30(36-22-37-31)38-26-12-7-11-25(18-26)21-40-16-8-10-24(40)3/h7,11-14,18-20,22-24,32,34H,6,8-10,15-17,21H2,1-5H3,(H,35,41)(H2,36,37,38,39)/t23?,24?,32-/m0/s1. The van der Waals surface area contributed by atoms with Crippen LogP contribution in [0.3, 0.4) is 0 Å². The molecule has 0 saturated carbocycles. The van der Waals surface area contributed by atoms with Gasteiger partial charge < -0.3 is 30.7 Å². The molecule has 2 aromatic carbocycles. The van der Waals surface area contributed by atoms with Crippen LogP contribution in [0.15, 0.2) is 54.9 Å². The lowest BCUT2D eigenvalue weighted by molar-refractivity contribution is -0.124. The first-order chi connectivity index (χ1) is 20.9. The molecule has 1 aliphatic rings. The maximum atomic E-state index is 12.6. The number of aromatic nitrogens is 2. The van der Waals surface area contributed by atoms with Crippen LogP contribution in [0.1, 0.15) is 52.0 Å². The van der Waals surface area contributed by atoms with Crippen LogP contribution in [0.5, 0.6) is 11.5 Å². The van der Waals surface area contributed by atoms with Gasteiger partial charge in [0.15, 0.2) is 11.5 Å².